The molecule has 0 bridgehead atoms. The molecule has 0 radical (unpaired) electrons. The largest absolute Gasteiger partial charge is 0.335 e. The number of carbonyl (C=O) groups is 2. The zero-order chi connectivity index (χ0) is 17.0. The van der Waals surface area contributed by atoms with Gasteiger partial charge in [0.25, 0.3) is 0 Å². The highest BCUT2D eigenvalue weighted by atomic mass is 16.2. The van der Waals surface area contributed by atoms with Crippen LogP contribution in [0.15, 0.2) is 12.1 Å². The van der Waals surface area contributed by atoms with Crippen molar-refractivity contribution >= 4 is 17.5 Å². The van der Waals surface area contributed by atoms with Gasteiger partial charge in [-0.25, -0.2) is 0 Å². The first-order valence-corrected chi connectivity index (χ1v) is 7.51. The van der Waals surface area contributed by atoms with Crippen molar-refractivity contribution in [3.05, 3.63) is 28.8 Å². The molecule has 2 amide bonds. The Hall–Kier alpha value is -1.88. The number of amides is 2. The van der Waals surface area contributed by atoms with Crippen molar-refractivity contribution in [3.63, 3.8) is 0 Å². The lowest BCUT2D eigenvalue weighted by atomic mass is 10.0. The van der Waals surface area contributed by atoms with Gasteiger partial charge in [-0.3, -0.25) is 9.59 Å². The predicted molar refractivity (Wildman–Crippen MR) is 89.7 cm³/mol. The molecule has 0 saturated carbocycles. The Morgan fingerprint density at radius 3 is 2.14 bits per heavy atom. The van der Waals surface area contributed by atoms with Crippen molar-refractivity contribution in [2.45, 2.75) is 40.7 Å². The van der Waals surface area contributed by atoms with Crippen LogP contribution in [0.2, 0.25) is 0 Å². The second kappa shape index (κ2) is 7.40. The molecule has 0 aliphatic heterocycles. The predicted octanol–water partition coefficient (Wildman–Crippen LogP) is 1.99. The van der Waals surface area contributed by atoms with Crippen LogP contribution in [0.5, 0.6) is 0 Å². The average molecular weight is 305 g/mol. The summed E-state index contributed by atoms with van der Waals surface area (Å²) in [7, 11) is 1.60. The topological polar surface area (TPSA) is 75.4 Å². The molecule has 3 N–H and O–H groups in total. The molecule has 0 aliphatic carbocycles. The highest BCUT2D eigenvalue weighted by Crippen LogP contribution is 2.21. The molecular formula is C17H27N3O2. The molecule has 0 aliphatic rings. The number of nitrogens with one attached hydrogen (secondary N) is 1. The lowest BCUT2D eigenvalue weighted by molar-refractivity contribution is -0.135. The summed E-state index contributed by atoms with van der Waals surface area (Å²) in [4.78, 5) is 25.6. The minimum Gasteiger partial charge on any atom is -0.335 e. The Morgan fingerprint density at radius 1 is 1.18 bits per heavy atom. The Morgan fingerprint density at radius 2 is 1.68 bits per heavy atom. The Kier molecular flexibility index (Phi) is 6.11. The molecule has 0 heterocycles. The lowest BCUT2D eigenvalue weighted by Crippen LogP contribution is -2.47. The Bertz CT molecular complexity index is 544. The van der Waals surface area contributed by atoms with Gasteiger partial charge in [0, 0.05) is 12.7 Å². The van der Waals surface area contributed by atoms with Crippen molar-refractivity contribution in [2.24, 2.45) is 11.7 Å². The highest BCUT2D eigenvalue weighted by molar-refractivity contribution is 5.96. The van der Waals surface area contributed by atoms with Gasteiger partial charge in [0.1, 0.15) is 0 Å². The number of aryl methyl sites for hydroxylation is 3. The lowest BCUT2D eigenvalue weighted by Gasteiger charge is -2.23. The third-order valence-electron chi connectivity index (χ3n) is 3.70. The quantitative estimate of drug-likeness (QED) is 0.873. The number of hydrogen-bond acceptors (Lipinski definition) is 3. The van der Waals surface area contributed by atoms with E-state index in [0.717, 1.165) is 22.4 Å². The SMILES string of the molecule is Cc1cc(C)c(NC(=O)CN(C)C(=O)[C@@H](N)C(C)C)c(C)c1. The maximum atomic E-state index is 12.2. The average Bonchev–Trinajstić information content (AvgIpc) is 2.40. The van der Waals surface area contributed by atoms with Crippen LogP contribution in [0.25, 0.3) is 0 Å². The molecule has 0 aromatic heterocycles. The molecule has 0 spiro atoms. The molecule has 22 heavy (non-hydrogen) atoms. The molecule has 122 valence electrons. The van der Waals surface area contributed by atoms with Crippen molar-refractivity contribution in [2.75, 3.05) is 18.9 Å². The van der Waals surface area contributed by atoms with Gasteiger partial charge in [-0.05, 0) is 37.8 Å². The summed E-state index contributed by atoms with van der Waals surface area (Å²) in [5, 5.41) is 2.89. The van der Waals surface area contributed by atoms with E-state index in [-0.39, 0.29) is 24.3 Å². The van der Waals surface area contributed by atoms with E-state index in [9.17, 15) is 9.59 Å². The molecule has 1 aromatic rings. The van der Waals surface area contributed by atoms with Crippen molar-refractivity contribution in [3.8, 4) is 0 Å². The third kappa shape index (κ3) is 4.56. The summed E-state index contributed by atoms with van der Waals surface area (Å²) in [6.07, 6.45) is 0. The normalized spacial score (nSPS) is 12.2. The molecule has 0 fully saturated rings. The maximum absolute atomic E-state index is 12.2. The minimum atomic E-state index is -0.583. The summed E-state index contributed by atoms with van der Waals surface area (Å²) in [6, 6.07) is 3.46. The number of rotatable bonds is 5. The number of hydrogen-bond donors (Lipinski definition) is 2. The summed E-state index contributed by atoms with van der Waals surface area (Å²) in [5.74, 6) is -0.399. The fourth-order valence-electron chi connectivity index (χ4n) is 2.39. The van der Waals surface area contributed by atoms with Crippen molar-refractivity contribution in [1.29, 1.82) is 0 Å². The number of carbonyl (C=O) groups excluding carboxylic acids is 2. The first-order valence-electron chi connectivity index (χ1n) is 7.51. The van der Waals surface area contributed by atoms with Gasteiger partial charge in [-0.2, -0.15) is 0 Å². The van der Waals surface area contributed by atoms with Crippen LogP contribution in [0.1, 0.15) is 30.5 Å². The number of anilines is 1. The standard InChI is InChI=1S/C17H27N3O2/c1-10(2)15(18)17(22)20(6)9-14(21)19-16-12(4)7-11(3)8-13(16)5/h7-8,10,15H,9,18H2,1-6H3,(H,19,21)/t15-/m0/s1. The van der Waals surface area contributed by atoms with Crippen LogP contribution >= 0.6 is 0 Å². The van der Waals surface area contributed by atoms with Gasteiger partial charge < -0.3 is 16.0 Å². The molecular weight excluding hydrogens is 278 g/mol. The van der Waals surface area contributed by atoms with Gasteiger partial charge in [0.05, 0.1) is 12.6 Å². The van der Waals surface area contributed by atoms with E-state index < -0.39 is 6.04 Å². The van der Waals surface area contributed by atoms with Gasteiger partial charge >= 0.3 is 0 Å². The molecule has 0 saturated heterocycles. The van der Waals surface area contributed by atoms with Crippen LogP contribution in [0, 0.1) is 26.7 Å². The van der Waals surface area contributed by atoms with Crippen LogP contribution in [0.4, 0.5) is 5.69 Å². The van der Waals surface area contributed by atoms with E-state index in [1.807, 2.05) is 46.8 Å². The maximum Gasteiger partial charge on any atom is 0.243 e. The molecule has 0 unspecified atom stereocenters. The van der Waals surface area contributed by atoms with E-state index in [0.29, 0.717) is 0 Å². The van der Waals surface area contributed by atoms with E-state index in [4.69, 9.17) is 5.73 Å². The molecule has 5 heteroatoms. The number of benzene rings is 1. The summed E-state index contributed by atoms with van der Waals surface area (Å²) >= 11 is 0. The van der Waals surface area contributed by atoms with Crippen LogP contribution < -0.4 is 11.1 Å². The van der Waals surface area contributed by atoms with Gasteiger partial charge in [0.2, 0.25) is 11.8 Å². The summed E-state index contributed by atoms with van der Waals surface area (Å²) < 4.78 is 0. The fourth-order valence-corrected chi connectivity index (χ4v) is 2.39. The first-order chi connectivity index (χ1) is 10.1. The molecule has 5 nitrogen and oxygen atoms in total. The third-order valence-corrected chi connectivity index (χ3v) is 3.70. The zero-order valence-corrected chi connectivity index (χ0v) is 14.4. The fraction of sp³-hybridized carbons (Fsp3) is 0.529. The van der Waals surface area contributed by atoms with Crippen molar-refractivity contribution < 1.29 is 9.59 Å². The smallest absolute Gasteiger partial charge is 0.243 e. The van der Waals surface area contributed by atoms with Gasteiger partial charge in [-0.15, -0.1) is 0 Å². The van der Waals surface area contributed by atoms with Crippen LogP contribution in [0.3, 0.4) is 0 Å². The monoisotopic (exact) mass is 305 g/mol. The van der Waals surface area contributed by atoms with E-state index in [1.165, 1.54) is 4.90 Å². The highest BCUT2D eigenvalue weighted by Gasteiger charge is 2.22. The van der Waals surface area contributed by atoms with Crippen molar-refractivity contribution in [1.82, 2.24) is 4.90 Å². The zero-order valence-electron chi connectivity index (χ0n) is 14.4. The number of nitrogens with zero attached hydrogens (tertiary/aromatic N) is 1. The summed E-state index contributed by atoms with van der Waals surface area (Å²) in [5.41, 5.74) is 9.82. The molecule has 1 atom stereocenters. The first kappa shape index (κ1) is 18.2. The van der Waals surface area contributed by atoms with E-state index in [1.54, 1.807) is 7.05 Å². The summed E-state index contributed by atoms with van der Waals surface area (Å²) in [6.45, 7) is 9.70. The van der Waals surface area contributed by atoms with Crippen LogP contribution in [-0.4, -0.2) is 36.3 Å². The minimum absolute atomic E-state index is 0.00793. The molecule has 1 aromatic carbocycles. The molecule has 1 rings (SSSR count). The second-order valence-corrected chi connectivity index (χ2v) is 6.29. The Labute approximate surface area is 132 Å². The van der Waals surface area contributed by atoms with Gasteiger partial charge in [-0.1, -0.05) is 31.5 Å². The van der Waals surface area contributed by atoms with Gasteiger partial charge in [0.15, 0.2) is 0 Å². The number of nitrogens with two attached hydrogens (primary N) is 1. The van der Waals surface area contributed by atoms with E-state index >= 15 is 0 Å². The Balaban J connectivity index is 2.73. The van der Waals surface area contributed by atoms with Crippen LogP contribution in [-0.2, 0) is 9.59 Å². The number of likely N-dealkylation sites (N-methyl/N-ethyl adjacent to an activating group) is 1. The second-order valence-electron chi connectivity index (χ2n) is 6.29. The van der Waals surface area contributed by atoms with E-state index in [2.05, 4.69) is 5.32 Å².